The minimum absolute atomic E-state index is 0.0671. The molecule has 1 aromatic carbocycles. The summed E-state index contributed by atoms with van der Waals surface area (Å²) < 4.78 is 0. The number of ketones is 1. The van der Waals surface area contributed by atoms with Gasteiger partial charge in [0.15, 0.2) is 5.78 Å². The number of amides is 1. The van der Waals surface area contributed by atoms with Crippen LogP contribution < -0.4 is 5.73 Å². The lowest BCUT2D eigenvalue weighted by molar-refractivity contribution is -0.118. The third kappa shape index (κ3) is 2.89. The van der Waals surface area contributed by atoms with Gasteiger partial charge in [0.2, 0.25) is 5.91 Å². The number of carbonyl (C=O) groups excluding carboxylic acids is 2. The highest BCUT2D eigenvalue weighted by atomic mass is 16.3. The van der Waals surface area contributed by atoms with Crippen molar-refractivity contribution in [1.82, 2.24) is 4.90 Å². The van der Waals surface area contributed by atoms with E-state index in [9.17, 15) is 30.0 Å². The van der Waals surface area contributed by atoms with Gasteiger partial charge in [0, 0.05) is 17.9 Å². The standard InChI is InChI=1S/C23H28N2O6/c1-4-10-5-6-15(26)17-12(10)7-11-8-14-18(25(2)3)19(27)13(22(24)30)9-23(14,31)21(29)16(11)20(17)28/h5-6,11,14,18,26-27,29,31H,4,7-9H2,1-3H3,(H2,24,30). The molecule has 0 heterocycles. The second-order valence-corrected chi connectivity index (χ2v) is 9.02. The molecule has 31 heavy (non-hydrogen) atoms. The van der Waals surface area contributed by atoms with E-state index in [2.05, 4.69) is 0 Å². The number of nitrogens with zero attached hydrogens (tertiary/aromatic N) is 1. The Morgan fingerprint density at radius 1 is 1.26 bits per heavy atom. The molecule has 8 nitrogen and oxygen atoms in total. The van der Waals surface area contributed by atoms with Gasteiger partial charge in [-0.2, -0.15) is 0 Å². The summed E-state index contributed by atoms with van der Waals surface area (Å²) in [6.45, 7) is 1.97. The molecule has 0 bridgehead atoms. The van der Waals surface area contributed by atoms with Gasteiger partial charge in [-0.3, -0.25) is 14.5 Å². The fourth-order valence-corrected chi connectivity index (χ4v) is 5.73. The van der Waals surface area contributed by atoms with E-state index < -0.39 is 35.0 Å². The number of rotatable bonds is 3. The van der Waals surface area contributed by atoms with Gasteiger partial charge in [0.25, 0.3) is 0 Å². The number of Topliss-reactive ketones (excluding diaryl/α,β-unsaturated/α-hetero) is 1. The summed E-state index contributed by atoms with van der Waals surface area (Å²) in [5.74, 6) is -3.30. The van der Waals surface area contributed by atoms with E-state index in [4.69, 9.17) is 5.73 Å². The highest BCUT2D eigenvalue weighted by molar-refractivity contribution is 6.13. The highest BCUT2D eigenvalue weighted by Crippen LogP contribution is 2.53. The van der Waals surface area contributed by atoms with Gasteiger partial charge in [-0.15, -0.1) is 0 Å². The molecule has 0 saturated heterocycles. The first-order chi connectivity index (χ1) is 14.5. The maximum Gasteiger partial charge on any atom is 0.248 e. The van der Waals surface area contributed by atoms with E-state index >= 15 is 0 Å². The summed E-state index contributed by atoms with van der Waals surface area (Å²) in [6, 6.07) is 2.52. The number of hydrogen-bond donors (Lipinski definition) is 5. The van der Waals surface area contributed by atoms with Crippen LogP contribution in [0.4, 0.5) is 0 Å². The van der Waals surface area contributed by atoms with Crippen LogP contribution in [0, 0.1) is 11.8 Å². The molecule has 0 radical (unpaired) electrons. The van der Waals surface area contributed by atoms with Crippen LogP contribution in [0.3, 0.4) is 0 Å². The fraction of sp³-hybridized carbons (Fsp3) is 0.478. The van der Waals surface area contributed by atoms with Gasteiger partial charge in [-0.05, 0) is 56.5 Å². The number of aliphatic hydroxyl groups excluding tert-OH is 2. The number of hydrogen-bond acceptors (Lipinski definition) is 7. The maximum absolute atomic E-state index is 13.4. The van der Waals surface area contributed by atoms with Crippen molar-refractivity contribution in [3.8, 4) is 5.75 Å². The van der Waals surface area contributed by atoms with E-state index in [0.29, 0.717) is 19.3 Å². The second kappa shape index (κ2) is 7.10. The third-order valence-corrected chi connectivity index (χ3v) is 7.19. The zero-order valence-corrected chi connectivity index (χ0v) is 17.8. The lowest BCUT2D eigenvalue weighted by Gasteiger charge is -2.51. The molecule has 0 fully saturated rings. The largest absolute Gasteiger partial charge is 0.510 e. The van der Waals surface area contributed by atoms with Gasteiger partial charge in [0.1, 0.15) is 22.9 Å². The van der Waals surface area contributed by atoms with Crippen molar-refractivity contribution < 1.29 is 30.0 Å². The van der Waals surface area contributed by atoms with Crippen molar-refractivity contribution in [3.63, 3.8) is 0 Å². The van der Waals surface area contributed by atoms with Crippen molar-refractivity contribution in [2.45, 2.75) is 44.2 Å². The lowest BCUT2D eigenvalue weighted by Crippen LogP contribution is -2.59. The predicted molar refractivity (Wildman–Crippen MR) is 113 cm³/mol. The average molecular weight is 428 g/mol. The van der Waals surface area contributed by atoms with E-state index in [0.717, 1.165) is 11.1 Å². The molecule has 4 unspecified atom stereocenters. The molecule has 1 amide bonds. The molecule has 6 N–H and O–H groups in total. The molecule has 166 valence electrons. The summed E-state index contributed by atoms with van der Waals surface area (Å²) >= 11 is 0. The zero-order chi connectivity index (χ0) is 22.8. The van der Waals surface area contributed by atoms with Crippen molar-refractivity contribution in [1.29, 1.82) is 0 Å². The third-order valence-electron chi connectivity index (χ3n) is 7.19. The normalized spacial score (nSPS) is 30.2. The Kier molecular flexibility index (Phi) is 4.90. The molecule has 3 aliphatic rings. The van der Waals surface area contributed by atoms with E-state index in [1.54, 1.807) is 25.1 Å². The molecule has 1 aromatic rings. The van der Waals surface area contributed by atoms with Crippen LogP contribution in [0.25, 0.3) is 0 Å². The van der Waals surface area contributed by atoms with Crippen LogP contribution in [0.2, 0.25) is 0 Å². The molecule has 3 aliphatic carbocycles. The molecule has 0 aromatic heterocycles. The summed E-state index contributed by atoms with van der Waals surface area (Å²) in [4.78, 5) is 27.0. The molecule has 4 rings (SSSR count). The summed E-state index contributed by atoms with van der Waals surface area (Å²) in [5.41, 5.74) is 5.28. The van der Waals surface area contributed by atoms with E-state index in [-0.39, 0.29) is 40.6 Å². The zero-order valence-electron chi connectivity index (χ0n) is 17.8. The number of nitrogens with two attached hydrogens (primary N) is 1. The predicted octanol–water partition coefficient (Wildman–Crippen LogP) is 1.50. The average Bonchev–Trinajstić information content (AvgIpc) is 2.69. The Labute approximate surface area is 180 Å². The number of benzene rings is 1. The van der Waals surface area contributed by atoms with Crippen molar-refractivity contribution in [3.05, 3.63) is 51.5 Å². The van der Waals surface area contributed by atoms with Crippen LogP contribution >= 0.6 is 0 Å². The van der Waals surface area contributed by atoms with Crippen molar-refractivity contribution in [2.75, 3.05) is 14.1 Å². The number of primary amides is 1. The minimum Gasteiger partial charge on any atom is -0.510 e. The topological polar surface area (TPSA) is 144 Å². The Hall–Kier alpha value is -2.84. The fourth-order valence-electron chi connectivity index (χ4n) is 5.73. The highest BCUT2D eigenvalue weighted by Gasteiger charge is 2.58. The summed E-state index contributed by atoms with van der Waals surface area (Å²) in [5, 5.41) is 43.9. The van der Waals surface area contributed by atoms with E-state index in [1.165, 1.54) is 6.07 Å². The summed E-state index contributed by atoms with van der Waals surface area (Å²) in [6.07, 6.45) is 1.05. The number of allylic oxidation sites excluding steroid dienone is 1. The first-order valence-electron chi connectivity index (χ1n) is 10.5. The van der Waals surface area contributed by atoms with E-state index in [1.807, 2.05) is 6.92 Å². The number of phenols is 1. The van der Waals surface area contributed by atoms with Gasteiger partial charge >= 0.3 is 0 Å². The first-order valence-corrected chi connectivity index (χ1v) is 10.5. The van der Waals surface area contributed by atoms with Crippen LogP contribution in [-0.4, -0.2) is 62.8 Å². The quantitative estimate of drug-likeness (QED) is 0.491. The second-order valence-electron chi connectivity index (χ2n) is 9.02. The molecule has 0 spiro atoms. The molecular formula is C23H28N2O6. The van der Waals surface area contributed by atoms with Gasteiger partial charge < -0.3 is 26.2 Å². The monoisotopic (exact) mass is 428 g/mol. The van der Waals surface area contributed by atoms with Crippen molar-refractivity contribution >= 4 is 11.7 Å². The van der Waals surface area contributed by atoms with Gasteiger partial charge in [-0.1, -0.05) is 13.0 Å². The molecule has 0 aliphatic heterocycles. The number of aliphatic hydroxyl groups is 3. The number of likely N-dealkylation sites (N-methyl/N-ethyl adjacent to an activating group) is 1. The SMILES string of the molecule is CCc1ccc(O)c2c1CC1CC3C(N(C)C)C(O)=C(C(N)=O)CC3(O)C(O)=C1C2=O. The number of aryl methyl sites for hydroxylation is 1. The first kappa shape index (κ1) is 21.4. The van der Waals surface area contributed by atoms with Crippen LogP contribution in [0.5, 0.6) is 5.75 Å². The molecule has 0 saturated carbocycles. The number of fused-ring (bicyclic) bond motifs is 3. The van der Waals surface area contributed by atoms with Crippen LogP contribution in [-0.2, 0) is 17.6 Å². The van der Waals surface area contributed by atoms with Crippen LogP contribution in [0.15, 0.2) is 34.8 Å². The smallest absolute Gasteiger partial charge is 0.248 e. The lowest BCUT2D eigenvalue weighted by atomic mass is 9.59. The Morgan fingerprint density at radius 2 is 1.94 bits per heavy atom. The van der Waals surface area contributed by atoms with Crippen molar-refractivity contribution in [2.24, 2.45) is 17.6 Å². The molecule has 4 atom stereocenters. The Bertz CT molecular complexity index is 1060. The Morgan fingerprint density at radius 3 is 2.52 bits per heavy atom. The minimum atomic E-state index is -1.93. The van der Waals surface area contributed by atoms with Gasteiger partial charge in [-0.25, -0.2) is 0 Å². The number of aromatic hydroxyl groups is 1. The number of phenolic OH excluding ortho intramolecular Hbond substituents is 1. The number of carbonyl (C=O) groups is 2. The Balaban J connectivity index is 1.92. The molecule has 8 heteroatoms. The maximum atomic E-state index is 13.4. The molecular weight excluding hydrogens is 400 g/mol. The van der Waals surface area contributed by atoms with Crippen LogP contribution in [0.1, 0.15) is 41.3 Å². The summed E-state index contributed by atoms with van der Waals surface area (Å²) in [7, 11) is 3.41. The van der Waals surface area contributed by atoms with Gasteiger partial charge in [0.05, 0.1) is 17.2 Å².